The van der Waals surface area contributed by atoms with Crippen LogP contribution in [0.2, 0.25) is 0 Å². The minimum absolute atomic E-state index is 0.854. The molecule has 1 aromatic carbocycles. The molecule has 0 spiro atoms. The first kappa shape index (κ1) is 19.1. The molecule has 0 atom stereocenters. The maximum Gasteiger partial charge on any atom is 0.191 e. The van der Waals surface area contributed by atoms with Crippen LogP contribution in [-0.4, -0.2) is 69.1 Å². The average molecular weight is 351 g/mol. The average Bonchev–Trinajstić information content (AvgIpc) is 2.63. The van der Waals surface area contributed by atoms with E-state index in [2.05, 4.69) is 57.8 Å². The predicted octanol–water partition coefficient (Wildman–Crippen LogP) is 2.06. The maximum atomic E-state index is 5.37. The summed E-state index contributed by atoms with van der Waals surface area (Å²) in [6, 6.07) is 10.5. The zero-order chi connectivity index (χ0) is 16.9. The first-order valence-electron chi connectivity index (χ1n) is 8.88. The smallest absolute Gasteiger partial charge is 0.191 e. The zero-order valence-electron chi connectivity index (χ0n) is 14.7. The molecule has 2 rings (SSSR count). The van der Waals surface area contributed by atoms with Crippen LogP contribution in [0.1, 0.15) is 13.3 Å². The second-order valence-electron chi connectivity index (χ2n) is 5.66. The van der Waals surface area contributed by atoms with E-state index < -0.39 is 0 Å². The summed E-state index contributed by atoms with van der Waals surface area (Å²) in [7, 11) is 0. The highest BCUT2D eigenvalue weighted by molar-refractivity contribution is 7.99. The van der Waals surface area contributed by atoms with Gasteiger partial charge in [-0.25, -0.2) is 0 Å². The topological polar surface area (TPSA) is 48.9 Å². The number of hydrogen-bond acceptors (Lipinski definition) is 4. The van der Waals surface area contributed by atoms with E-state index in [0.29, 0.717) is 0 Å². The molecule has 0 aromatic heterocycles. The number of thioether (sulfide) groups is 1. The van der Waals surface area contributed by atoms with Crippen LogP contribution in [0.5, 0.6) is 0 Å². The van der Waals surface area contributed by atoms with Gasteiger partial charge in [0.1, 0.15) is 0 Å². The molecule has 134 valence electrons. The van der Waals surface area contributed by atoms with Gasteiger partial charge in [-0.15, -0.1) is 11.8 Å². The monoisotopic (exact) mass is 350 g/mol. The van der Waals surface area contributed by atoms with Gasteiger partial charge in [0.05, 0.1) is 13.2 Å². The second kappa shape index (κ2) is 12.2. The Kier molecular flexibility index (Phi) is 9.68. The van der Waals surface area contributed by atoms with Crippen molar-refractivity contribution in [3.63, 3.8) is 0 Å². The van der Waals surface area contributed by atoms with Crippen LogP contribution in [-0.2, 0) is 4.74 Å². The molecule has 1 aliphatic heterocycles. The highest BCUT2D eigenvalue weighted by Gasteiger charge is 2.09. The number of morpholine rings is 1. The summed E-state index contributed by atoms with van der Waals surface area (Å²) in [5, 5.41) is 6.74. The largest absolute Gasteiger partial charge is 0.379 e. The number of guanidine groups is 1. The molecule has 0 amide bonds. The Morgan fingerprint density at radius 3 is 2.75 bits per heavy atom. The van der Waals surface area contributed by atoms with Crippen LogP contribution >= 0.6 is 11.8 Å². The summed E-state index contributed by atoms with van der Waals surface area (Å²) in [5.41, 5.74) is 0. The van der Waals surface area contributed by atoms with Gasteiger partial charge in [0.15, 0.2) is 5.96 Å². The van der Waals surface area contributed by atoms with E-state index in [0.717, 1.165) is 70.6 Å². The molecular formula is C18H30N4OS. The van der Waals surface area contributed by atoms with E-state index in [9.17, 15) is 0 Å². The molecule has 0 bridgehead atoms. The summed E-state index contributed by atoms with van der Waals surface area (Å²) in [6.07, 6.45) is 1.08. The lowest BCUT2D eigenvalue weighted by Gasteiger charge is -2.26. The normalized spacial score (nSPS) is 16.1. The Hall–Kier alpha value is -1.24. The van der Waals surface area contributed by atoms with Crippen molar-refractivity contribution in [2.24, 2.45) is 4.99 Å². The minimum atomic E-state index is 0.854. The number of aliphatic imine (C=N–C) groups is 1. The molecule has 0 saturated carbocycles. The first-order chi connectivity index (χ1) is 11.9. The molecular weight excluding hydrogens is 320 g/mol. The first-order valence-corrected chi connectivity index (χ1v) is 9.87. The molecule has 6 heteroatoms. The minimum Gasteiger partial charge on any atom is -0.379 e. The number of nitrogens with zero attached hydrogens (tertiary/aromatic N) is 2. The van der Waals surface area contributed by atoms with Crippen LogP contribution in [0.25, 0.3) is 0 Å². The van der Waals surface area contributed by atoms with Gasteiger partial charge in [-0.3, -0.25) is 9.89 Å². The van der Waals surface area contributed by atoms with E-state index >= 15 is 0 Å². The van der Waals surface area contributed by atoms with Crippen molar-refractivity contribution in [2.45, 2.75) is 18.2 Å². The van der Waals surface area contributed by atoms with Crippen molar-refractivity contribution in [2.75, 3.05) is 58.2 Å². The van der Waals surface area contributed by atoms with Crippen molar-refractivity contribution in [1.82, 2.24) is 15.5 Å². The van der Waals surface area contributed by atoms with Crippen LogP contribution in [0, 0.1) is 0 Å². The fourth-order valence-electron chi connectivity index (χ4n) is 2.46. The molecule has 1 fully saturated rings. The highest BCUT2D eigenvalue weighted by Crippen LogP contribution is 2.17. The standard InChI is InChI=1S/C18H30N4OS/c1-2-19-18(21-10-11-22-12-14-23-15-13-22)20-9-6-16-24-17-7-4-3-5-8-17/h3-5,7-8H,2,6,9-16H2,1H3,(H2,19,20,21). The molecule has 0 radical (unpaired) electrons. The predicted molar refractivity (Wildman–Crippen MR) is 103 cm³/mol. The summed E-state index contributed by atoms with van der Waals surface area (Å²) >= 11 is 1.89. The quantitative estimate of drug-likeness (QED) is 0.309. The van der Waals surface area contributed by atoms with E-state index in [1.807, 2.05) is 11.8 Å². The van der Waals surface area contributed by atoms with E-state index in [4.69, 9.17) is 4.74 Å². The number of nitrogens with one attached hydrogen (secondary N) is 2. The third-order valence-electron chi connectivity index (χ3n) is 3.75. The van der Waals surface area contributed by atoms with Gasteiger partial charge in [-0.2, -0.15) is 0 Å². The van der Waals surface area contributed by atoms with Crippen LogP contribution in [0.15, 0.2) is 40.2 Å². The molecule has 0 aliphatic carbocycles. The Labute approximate surface area is 150 Å². The Bertz CT molecular complexity index is 463. The Morgan fingerprint density at radius 2 is 2.00 bits per heavy atom. The lowest BCUT2D eigenvalue weighted by Crippen LogP contribution is -2.44. The second-order valence-corrected chi connectivity index (χ2v) is 6.82. The zero-order valence-corrected chi connectivity index (χ0v) is 15.5. The molecule has 0 unspecified atom stereocenters. The van der Waals surface area contributed by atoms with E-state index in [1.54, 1.807) is 0 Å². The van der Waals surface area contributed by atoms with Crippen molar-refractivity contribution in [3.8, 4) is 0 Å². The van der Waals surface area contributed by atoms with E-state index in [-0.39, 0.29) is 0 Å². The number of rotatable bonds is 9. The van der Waals surface area contributed by atoms with Crippen molar-refractivity contribution >= 4 is 17.7 Å². The third-order valence-corrected chi connectivity index (χ3v) is 4.85. The summed E-state index contributed by atoms with van der Waals surface area (Å²) in [5.74, 6) is 2.02. The lowest BCUT2D eigenvalue weighted by molar-refractivity contribution is 0.0389. The number of hydrogen-bond donors (Lipinski definition) is 2. The summed E-state index contributed by atoms with van der Waals surface area (Å²) < 4.78 is 5.37. The number of benzene rings is 1. The van der Waals surface area contributed by atoms with Crippen molar-refractivity contribution < 1.29 is 4.74 Å². The van der Waals surface area contributed by atoms with Crippen LogP contribution in [0.4, 0.5) is 0 Å². The van der Waals surface area contributed by atoms with Gasteiger partial charge in [0.25, 0.3) is 0 Å². The SMILES string of the molecule is CCNC(=NCCCSc1ccccc1)NCCN1CCOCC1. The van der Waals surface area contributed by atoms with Gasteiger partial charge < -0.3 is 15.4 Å². The van der Waals surface area contributed by atoms with Crippen molar-refractivity contribution in [3.05, 3.63) is 30.3 Å². The van der Waals surface area contributed by atoms with Gasteiger partial charge in [-0.1, -0.05) is 18.2 Å². The van der Waals surface area contributed by atoms with Gasteiger partial charge in [0, 0.05) is 44.2 Å². The Balaban J connectivity index is 1.60. The summed E-state index contributed by atoms with van der Waals surface area (Å²) in [6.45, 7) is 9.58. The van der Waals surface area contributed by atoms with Crippen LogP contribution < -0.4 is 10.6 Å². The molecule has 2 N–H and O–H groups in total. The summed E-state index contributed by atoms with van der Waals surface area (Å²) in [4.78, 5) is 8.42. The van der Waals surface area contributed by atoms with Crippen LogP contribution in [0.3, 0.4) is 0 Å². The fraction of sp³-hybridized carbons (Fsp3) is 0.611. The van der Waals surface area contributed by atoms with Gasteiger partial charge >= 0.3 is 0 Å². The molecule has 24 heavy (non-hydrogen) atoms. The molecule has 1 heterocycles. The molecule has 5 nitrogen and oxygen atoms in total. The molecule has 1 saturated heterocycles. The molecule has 1 aliphatic rings. The van der Waals surface area contributed by atoms with E-state index in [1.165, 1.54) is 4.90 Å². The number of ether oxygens (including phenoxy) is 1. The lowest BCUT2D eigenvalue weighted by atomic mass is 10.4. The van der Waals surface area contributed by atoms with Crippen molar-refractivity contribution in [1.29, 1.82) is 0 Å². The maximum absolute atomic E-state index is 5.37. The third kappa shape index (κ3) is 8.04. The fourth-order valence-corrected chi connectivity index (χ4v) is 3.32. The molecule has 1 aromatic rings. The van der Waals surface area contributed by atoms with Gasteiger partial charge in [0.2, 0.25) is 0 Å². The Morgan fingerprint density at radius 1 is 1.21 bits per heavy atom. The highest BCUT2D eigenvalue weighted by atomic mass is 32.2. The van der Waals surface area contributed by atoms with Gasteiger partial charge in [-0.05, 0) is 31.2 Å².